The van der Waals surface area contributed by atoms with Gasteiger partial charge in [0, 0.05) is 0 Å². The Balaban J connectivity index is 1.99. The first-order chi connectivity index (χ1) is 15.3. The van der Waals surface area contributed by atoms with Crippen LogP contribution < -0.4 is 13.6 Å². The first-order valence-electron chi connectivity index (χ1n) is 11.2. The number of hydrogen-bond donors (Lipinski definition) is 0. The number of benzene rings is 3. The van der Waals surface area contributed by atoms with E-state index in [-0.39, 0.29) is 0 Å². The Labute approximate surface area is 192 Å². The van der Waals surface area contributed by atoms with Gasteiger partial charge in [-0.05, 0) is 91.6 Å². The Hall–Kier alpha value is -2.71. The summed E-state index contributed by atoms with van der Waals surface area (Å²) in [5.41, 5.74) is 6.20. The highest BCUT2D eigenvalue weighted by Crippen LogP contribution is 2.51. The molecule has 3 aromatic carbocycles. The van der Waals surface area contributed by atoms with Gasteiger partial charge in [0.2, 0.25) is 0 Å². The van der Waals surface area contributed by atoms with E-state index < -0.39 is 7.82 Å². The minimum absolute atomic E-state index is 0.483. The molecule has 3 aromatic rings. The second-order valence-electron chi connectivity index (χ2n) is 8.08. The quantitative estimate of drug-likeness (QED) is 0.309. The molecule has 0 aliphatic rings. The second kappa shape index (κ2) is 10.3. The van der Waals surface area contributed by atoms with E-state index in [9.17, 15) is 4.57 Å². The van der Waals surface area contributed by atoms with Crippen molar-refractivity contribution in [2.24, 2.45) is 0 Å². The lowest BCUT2D eigenvalue weighted by atomic mass is 10.1. The zero-order chi connectivity index (χ0) is 23.3. The van der Waals surface area contributed by atoms with Crippen LogP contribution in [0.3, 0.4) is 0 Å². The van der Waals surface area contributed by atoms with Gasteiger partial charge in [-0.3, -0.25) is 0 Å². The summed E-state index contributed by atoms with van der Waals surface area (Å²) in [7, 11) is -4.04. The number of phosphoric ester groups is 1. The molecule has 0 heterocycles. The van der Waals surface area contributed by atoms with E-state index in [1.165, 1.54) is 16.7 Å². The number of hydrogen-bond acceptors (Lipinski definition) is 4. The minimum Gasteiger partial charge on any atom is -0.386 e. The smallest absolute Gasteiger partial charge is 0.386 e. The fourth-order valence-electron chi connectivity index (χ4n) is 3.52. The first kappa shape index (κ1) is 23.9. The molecule has 0 unspecified atom stereocenters. The summed E-state index contributed by atoms with van der Waals surface area (Å²) in [5.74, 6) is 1.45. The average molecular weight is 453 g/mol. The zero-order valence-electron chi connectivity index (χ0n) is 19.9. The Kier molecular flexibility index (Phi) is 7.69. The van der Waals surface area contributed by atoms with Crippen LogP contribution in [0.4, 0.5) is 0 Å². The van der Waals surface area contributed by atoms with Crippen molar-refractivity contribution in [3.05, 3.63) is 88.0 Å². The molecule has 3 rings (SSSR count). The summed E-state index contributed by atoms with van der Waals surface area (Å²) >= 11 is 0. The van der Waals surface area contributed by atoms with Gasteiger partial charge in [0.25, 0.3) is 0 Å². The van der Waals surface area contributed by atoms with Gasteiger partial charge in [0.1, 0.15) is 17.2 Å². The second-order valence-corrected chi connectivity index (χ2v) is 9.52. The predicted octanol–water partition coefficient (Wildman–Crippen LogP) is 7.94. The number of aryl methyl sites for hydroxylation is 6. The monoisotopic (exact) mass is 452 g/mol. The molecule has 0 aliphatic heterocycles. The van der Waals surface area contributed by atoms with Gasteiger partial charge in [0.05, 0.1) is 0 Å². The van der Waals surface area contributed by atoms with Crippen LogP contribution in [0.15, 0.2) is 54.6 Å². The molecule has 0 atom stereocenters. The van der Waals surface area contributed by atoms with Gasteiger partial charge in [0.15, 0.2) is 0 Å². The molecule has 5 heteroatoms. The molecule has 0 saturated carbocycles. The van der Waals surface area contributed by atoms with Gasteiger partial charge in [-0.2, -0.15) is 4.57 Å². The molecule has 0 amide bonds. The Morgan fingerprint density at radius 3 is 1.06 bits per heavy atom. The van der Waals surface area contributed by atoms with Crippen LogP contribution in [0.1, 0.15) is 54.2 Å². The lowest BCUT2D eigenvalue weighted by Gasteiger charge is -2.22. The molecular formula is C27H33O4P. The Bertz CT molecular complexity index is 995. The van der Waals surface area contributed by atoms with Crippen molar-refractivity contribution >= 4 is 7.82 Å². The molecule has 0 N–H and O–H groups in total. The molecule has 170 valence electrons. The predicted molar refractivity (Wildman–Crippen MR) is 131 cm³/mol. The molecule has 0 aromatic heterocycles. The van der Waals surface area contributed by atoms with Crippen LogP contribution in [0.25, 0.3) is 0 Å². The summed E-state index contributed by atoms with van der Waals surface area (Å²) < 4.78 is 31.9. The van der Waals surface area contributed by atoms with E-state index in [2.05, 4.69) is 20.8 Å². The third kappa shape index (κ3) is 5.75. The zero-order valence-corrected chi connectivity index (χ0v) is 20.8. The van der Waals surface area contributed by atoms with Crippen LogP contribution in [0.5, 0.6) is 17.2 Å². The van der Waals surface area contributed by atoms with Crippen LogP contribution >= 0.6 is 7.82 Å². The fourth-order valence-corrected chi connectivity index (χ4v) is 4.97. The van der Waals surface area contributed by atoms with Crippen molar-refractivity contribution < 1.29 is 18.1 Å². The van der Waals surface area contributed by atoms with Crippen molar-refractivity contribution in [2.45, 2.75) is 60.8 Å². The topological polar surface area (TPSA) is 44.8 Å². The highest BCUT2D eigenvalue weighted by atomic mass is 31.2. The number of phosphoric acid groups is 1. The SMILES string of the molecule is CCc1ccc(OP(=O)(Oc2ccc(CC)cc2C)Oc2ccc(CC)cc2C)c(C)c1. The normalized spacial score (nSPS) is 11.3. The summed E-state index contributed by atoms with van der Waals surface area (Å²) in [6.07, 6.45) is 2.74. The molecule has 32 heavy (non-hydrogen) atoms. The van der Waals surface area contributed by atoms with Gasteiger partial charge >= 0.3 is 7.82 Å². The van der Waals surface area contributed by atoms with Crippen LogP contribution in [0.2, 0.25) is 0 Å². The van der Waals surface area contributed by atoms with Crippen molar-refractivity contribution in [3.63, 3.8) is 0 Å². The lowest BCUT2D eigenvalue weighted by Crippen LogP contribution is -2.10. The largest absolute Gasteiger partial charge is 0.647 e. The third-order valence-electron chi connectivity index (χ3n) is 5.57. The number of rotatable bonds is 9. The van der Waals surface area contributed by atoms with E-state index in [0.717, 1.165) is 36.0 Å². The van der Waals surface area contributed by atoms with Gasteiger partial charge in [-0.15, -0.1) is 0 Å². The highest BCUT2D eigenvalue weighted by molar-refractivity contribution is 7.49. The van der Waals surface area contributed by atoms with Crippen LogP contribution in [-0.2, 0) is 23.8 Å². The van der Waals surface area contributed by atoms with E-state index in [0.29, 0.717) is 17.2 Å². The average Bonchev–Trinajstić information content (AvgIpc) is 2.78. The Morgan fingerprint density at radius 1 is 0.562 bits per heavy atom. The maximum Gasteiger partial charge on any atom is 0.647 e. The van der Waals surface area contributed by atoms with Crippen molar-refractivity contribution in [3.8, 4) is 17.2 Å². The summed E-state index contributed by atoms with van der Waals surface area (Å²) in [4.78, 5) is 0. The molecule has 0 aliphatic carbocycles. The third-order valence-corrected chi connectivity index (χ3v) is 6.83. The molecule has 0 saturated heterocycles. The lowest BCUT2D eigenvalue weighted by molar-refractivity contribution is 0.296. The molecule has 4 nitrogen and oxygen atoms in total. The van der Waals surface area contributed by atoms with E-state index in [4.69, 9.17) is 13.6 Å². The maximum atomic E-state index is 14.0. The van der Waals surface area contributed by atoms with E-state index >= 15 is 0 Å². The Morgan fingerprint density at radius 2 is 0.844 bits per heavy atom. The van der Waals surface area contributed by atoms with Crippen molar-refractivity contribution in [2.75, 3.05) is 0 Å². The van der Waals surface area contributed by atoms with Crippen molar-refractivity contribution in [1.29, 1.82) is 0 Å². The van der Waals surface area contributed by atoms with E-state index in [1.54, 1.807) is 0 Å². The highest BCUT2D eigenvalue weighted by Gasteiger charge is 2.35. The molecule has 0 bridgehead atoms. The van der Waals surface area contributed by atoms with E-state index in [1.807, 2.05) is 75.4 Å². The molecular weight excluding hydrogens is 419 g/mol. The van der Waals surface area contributed by atoms with Crippen LogP contribution in [-0.4, -0.2) is 0 Å². The molecule has 0 spiro atoms. The molecule has 0 radical (unpaired) electrons. The van der Waals surface area contributed by atoms with Gasteiger partial charge < -0.3 is 13.6 Å². The van der Waals surface area contributed by atoms with Crippen molar-refractivity contribution in [1.82, 2.24) is 0 Å². The first-order valence-corrected chi connectivity index (χ1v) is 12.7. The maximum absolute atomic E-state index is 14.0. The fraction of sp³-hybridized carbons (Fsp3) is 0.333. The minimum atomic E-state index is -4.04. The summed E-state index contributed by atoms with van der Waals surface area (Å²) in [6.45, 7) is 12.1. The van der Waals surface area contributed by atoms with Gasteiger partial charge in [-0.1, -0.05) is 57.2 Å². The van der Waals surface area contributed by atoms with Crippen LogP contribution in [0, 0.1) is 20.8 Å². The standard InChI is InChI=1S/C27H33O4P/c1-7-22-10-13-25(19(4)16-22)29-32(28,30-26-14-11-23(8-2)17-20(26)5)31-27-15-12-24(9-3)18-21(27)6/h10-18H,7-9H2,1-6H3. The summed E-state index contributed by atoms with van der Waals surface area (Å²) in [5, 5.41) is 0. The van der Waals surface area contributed by atoms with Gasteiger partial charge in [-0.25, -0.2) is 0 Å². The summed E-state index contributed by atoms with van der Waals surface area (Å²) in [6, 6.07) is 17.5. The molecule has 0 fully saturated rings.